The van der Waals surface area contributed by atoms with Crippen molar-refractivity contribution in [3.05, 3.63) is 100 Å². The summed E-state index contributed by atoms with van der Waals surface area (Å²) in [7, 11) is 0. The third-order valence-corrected chi connectivity index (χ3v) is 4.58. The SMILES string of the molecule is O=C(O)c1ccc2c(c1)C(=O)c1cccc(NC(=O)c3ccccc3)c1C2=O. The number of rotatable bonds is 3. The predicted octanol–water partition coefficient (Wildman–Crippen LogP) is 3.41. The van der Waals surface area contributed by atoms with Crippen LogP contribution >= 0.6 is 0 Å². The molecule has 1 aliphatic carbocycles. The normalized spacial score (nSPS) is 12.1. The van der Waals surface area contributed by atoms with Crippen molar-refractivity contribution in [3.63, 3.8) is 0 Å². The zero-order valence-electron chi connectivity index (χ0n) is 14.4. The standard InChI is InChI=1S/C22H13NO5/c24-19-15-7-4-8-17(23-21(26)12-5-2-1-3-6-12)18(15)20(25)14-10-9-13(22(27)28)11-16(14)19/h1-11H,(H,23,26)(H,27,28). The lowest BCUT2D eigenvalue weighted by molar-refractivity contribution is 0.0696. The van der Waals surface area contributed by atoms with Gasteiger partial charge >= 0.3 is 5.97 Å². The Hall–Kier alpha value is -4.06. The molecule has 0 heterocycles. The average Bonchev–Trinajstić information content (AvgIpc) is 2.72. The van der Waals surface area contributed by atoms with Gasteiger partial charge in [0.05, 0.1) is 16.8 Å². The van der Waals surface area contributed by atoms with E-state index in [1.54, 1.807) is 42.5 Å². The van der Waals surface area contributed by atoms with Gasteiger partial charge in [0.2, 0.25) is 0 Å². The van der Waals surface area contributed by atoms with Gasteiger partial charge in [0.1, 0.15) is 0 Å². The molecule has 1 amide bonds. The summed E-state index contributed by atoms with van der Waals surface area (Å²) < 4.78 is 0. The third-order valence-electron chi connectivity index (χ3n) is 4.58. The summed E-state index contributed by atoms with van der Waals surface area (Å²) in [6, 6.07) is 16.9. The molecule has 0 atom stereocenters. The molecule has 0 bridgehead atoms. The van der Waals surface area contributed by atoms with Crippen molar-refractivity contribution in [2.45, 2.75) is 0 Å². The van der Waals surface area contributed by atoms with Gasteiger partial charge in [-0.3, -0.25) is 14.4 Å². The number of carboxylic acid groups (broad SMARTS) is 1. The summed E-state index contributed by atoms with van der Waals surface area (Å²) in [4.78, 5) is 49.6. The van der Waals surface area contributed by atoms with Crippen LogP contribution in [-0.4, -0.2) is 28.5 Å². The Bertz CT molecular complexity index is 1160. The predicted molar refractivity (Wildman–Crippen MR) is 101 cm³/mol. The van der Waals surface area contributed by atoms with Crippen molar-refractivity contribution in [1.82, 2.24) is 0 Å². The Labute approximate surface area is 159 Å². The van der Waals surface area contributed by atoms with Crippen molar-refractivity contribution in [3.8, 4) is 0 Å². The molecule has 4 rings (SSSR count). The first-order valence-corrected chi connectivity index (χ1v) is 8.43. The number of fused-ring (bicyclic) bond motifs is 2. The molecule has 3 aromatic rings. The van der Waals surface area contributed by atoms with E-state index in [9.17, 15) is 19.2 Å². The average molecular weight is 371 g/mol. The van der Waals surface area contributed by atoms with Crippen LogP contribution in [0.25, 0.3) is 0 Å². The lowest BCUT2D eigenvalue weighted by Gasteiger charge is -2.20. The molecular formula is C22H13NO5. The lowest BCUT2D eigenvalue weighted by Crippen LogP contribution is -2.24. The van der Waals surface area contributed by atoms with Crippen LogP contribution in [0.4, 0.5) is 5.69 Å². The van der Waals surface area contributed by atoms with Crippen LogP contribution in [0.3, 0.4) is 0 Å². The van der Waals surface area contributed by atoms with E-state index in [1.807, 2.05) is 0 Å². The van der Waals surface area contributed by atoms with Crippen molar-refractivity contribution in [2.24, 2.45) is 0 Å². The van der Waals surface area contributed by atoms with Gasteiger partial charge < -0.3 is 10.4 Å². The second-order valence-electron chi connectivity index (χ2n) is 6.27. The fourth-order valence-corrected chi connectivity index (χ4v) is 3.22. The first-order valence-electron chi connectivity index (χ1n) is 8.43. The molecule has 136 valence electrons. The number of hydrogen-bond donors (Lipinski definition) is 2. The molecule has 0 saturated heterocycles. The molecule has 0 saturated carbocycles. The van der Waals surface area contributed by atoms with Gasteiger partial charge in [-0.2, -0.15) is 0 Å². The summed E-state index contributed by atoms with van der Waals surface area (Å²) >= 11 is 0. The quantitative estimate of drug-likeness (QED) is 0.575. The Kier molecular flexibility index (Phi) is 4.08. The van der Waals surface area contributed by atoms with E-state index in [1.165, 1.54) is 24.3 Å². The van der Waals surface area contributed by atoms with E-state index in [2.05, 4.69) is 5.32 Å². The summed E-state index contributed by atoms with van der Waals surface area (Å²) in [5.74, 6) is -2.48. The maximum Gasteiger partial charge on any atom is 0.335 e. The molecule has 6 heteroatoms. The number of ketones is 2. The van der Waals surface area contributed by atoms with Crippen LogP contribution in [0.1, 0.15) is 52.6 Å². The molecule has 3 aromatic carbocycles. The number of amides is 1. The molecule has 28 heavy (non-hydrogen) atoms. The molecule has 6 nitrogen and oxygen atoms in total. The van der Waals surface area contributed by atoms with Crippen molar-refractivity contribution < 1.29 is 24.3 Å². The molecular weight excluding hydrogens is 358 g/mol. The Morgan fingerprint density at radius 2 is 1.46 bits per heavy atom. The van der Waals surface area contributed by atoms with E-state index in [4.69, 9.17) is 5.11 Å². The van der Waals surface area contributed by atoms with E-state index >= 15 is 0 Å². The molecule has 0 aliphatic heterocycles. The van der Waals surface area contributed by atoms with Crippen LogP contribution in [-0.2, 0) is 0 Å². The number of carboxylic acids is 1. The van der Waals surface area contributed by atoms with Gasteiger partial charge in [0.25, 0.3) is 5.91 Å². The van der Waals surface area contributed by atoms with Gasteiger partial charge in [-0.25, -0.2) is 4.79 Å². The molecule has 0 aromatic heterocycles. The fourth-order valence-electron chi connectivity index (χ4n) is 3.22. The first-order chi connectivity index (χ1) is 13.5. The maximum absolute atomic E-state index is 13.0. The second kappa shape index (κ2) is 6.59. The molecule has 0 spiro atoms. The van der Waals surface area contributed by atoms with Gasteiger partial charge in [0.15, 0.2) is 11.6 Å². The molecule has 0 fully saturated rings. The molecule has 1 aliphatic rings. The second-order valence-corrected chi connectivity index (χ2v) is 6.27. The topological polar surface area (TPSA) is 101 Å². The van der Waals surface area contributed by atoms with E-state index in [0.717, 1.165) is 0 Å². The minimum absolute atomic E-state index is 0.0453. The minimum Gasteiger partial charge on any atom is -0.478 e. The van der Waals surface area contributed by atoms with Crippen LogP contribution < -0.4 is 5.32 Å². The monoisotopic (exact) mass is 371 g/mol. The molecule has 0 radical (unpaired) electrons. The minimum atomic E-state index is -1.18. The number of carbonyl (C=O) groups excluding carboxylic acids is 3. The largest absolute Gasteiger partial charge is 0.478 e. The zero-order chi connectivity index (χ0) is 19.8. The highest BCUT2D eigenvalue weighted by Crippen LogP contribution is 2.32. The fraction of sp³-hybridized carbons (Fsp3) is 0. The van der Waals surface area contributed by atoms with Gasteiger partial charge in [-0.15, -0.1) is 0 Å². The van der Waals surface area contributed by atoms with Crippen molar-refractivity contribution >= 4 is 29.1 Å². The number of benzene rings is 3. The molecule has 2 N–H and O–H groups in total. The summed E-state index contributed by atoms with van der Waals surface area (Å²) in [5, 5.41) is 11.8. The van der Waals surface area contributed by atoms with Crippen LogP contribution in [0.5, 0.6) is 0 Å². The van der Waals surface area contributed by atoms with Crippen LogP contribution in [0, 0.1) is 0 Å². The number of hydrogen-bond acceptors (Lipinski definition) is 4. The van der Waals surface area contributed by atoms with Crippen LogP contribution in [0.15, 0.2) is 66.7 Å². The van der Waals surface area contributed by atoms with E-state index in [-0.39, 0.29) is 33.5 Å². The smallest absolute Gasteiger partial charge is 0.335 e. The van der Waals surface area contributed by atoms with Crippen molar-refractivity contribution in [1.29, 1.82) is 0 Å². The lowest BCUT2D eigenvalue weighted by atomic mass is 9.82. The number of nitrogens with one attached hydrogen (secondary N) is 1. The van der Waals surface area contributed by atoms with E-state index in [0.29, 0.717) is 5.56 Å². The Morgan fingerprint density at radius 1 is 0.714 bits per heavy atom. The van der Waals surface area contributed by atoms with E-state index < -0.39 is 23.4 Å². The maximum atomic E-state index is 13.0. The molecule has 0 unspecified atom stereocenters. The Balaban J connectivity index is 1.78. The van der Waals surface area contributed by atoms with Crippen molar-refractivity contribution in [2.75, 3.05) is 5.32 Å². The zero-order valence-corrected chi connectivity index (χ0v) is 14.4. The summed E-state index contributed by atoms with van der Waals surface area (Å²) in [6.45, 7) is 0. The highest BCUT2D eigenvalue weighted by Gasteiger charge is 2.32. The highest BCUT2D eigenvalue weighted by atomic mass is 16.4. The summed E-state index contributed by atoms with van der Waals surface area (Å²) in [6.07, 6.45) is 0. The first kappa shape index (κ1) is 17.4. The number of anilines is 1. The summed E-state index contributed by atoms with van der Waals surface area (Å²) in [5.41, 5.74) is 0.974. The van der Waals surface area contributed by atoms with Gasteiger partial charge in [0, 0.05) is 22.3 Å². The number of aromatic carboxylic acids is 1. The van der Waals surface area contributed by atoms with Crippen LogP contribution in [0.2, 0.25) is 0 Å². The van der Waals surface area contributed by atoms with Gasteiger partial charge in [-0.05, 0) is 36.4 Å². The number of carbonyl (C=O) groups is 4. The van der Waals surface area contributed by atoms with Gasteiger partial charge in [-0.1, -0.05) is 30.3 Å². The Morgan fingerprint density at radius 3 is 2.18 bits per heavy atom. The highest BCUT2D eigenvalue weighted by molar-refractivity contribution is 6.31. The third kappa shape index (κ3) is 2.77.